The van der Waals surface area contributed by atoms with E-state index in [0.717, 1.165) is 24.3 Å². The average molecular weight is 429 g/mol. The summed E-state index contributed by atoms with van der Waals surface area (Å²) in [6.07, 6.45) is 0. The Morgan fingerprint density at radius 1 is 1.12 bits per heavy atom. The van der Waals surface area contributed by atoms with E-state index in [9.17, 15) is 31.1 Å². The first-order valence-electron chi connectivity index (χ1n) is 6.25. The SMILES string of the molecule is O=S(=O)(c1ccc(Oc2cc(F)cc(F)c2)c(Br)c1CO)C(F)F. The molecule has 0 heterocycles. The smallest absolute Gasteiger partial charge is 0.341 e. The van der Waals surface area contributed by atoms with Gasteiger partial charge in [0.05, 0.1) is 16.0 Å². The van der Waals surface area contributed by atoms with Crippen LogP contribution in [-0.2, 0) is 16.4 Å². The predicted molar refractivity (Wildman–Crippen MR) is 79.7 cm³/mol. The summed E-state index contributed by atoms with van der Waals surface area (Å²) in [4.78, 5) is -0.773. The van der Waals surface area contributed by atoms with E-state index in [1.54, 1.807) is 0 Å². The molecule has 0 fully saturated rings. The molecule has 0 aliphatic rings. The lowest BCUT2D eigenvalue weighted by molar-refractivity contribution is 0.233. The highest BCUT2D eigenvalue weighted by molar-refractivity contribution is 9.10. The van der Waals surface area contributed by atoms with Crippen LogP contribution in [0.15, 0.2) is 39.7 Å². The van der Waals surface area contributed by atoms with Crippen molar-refractivity contribution in [3.8, 4) is 11.5 Å². The molecule has 24 heavy (non-hydrogen) atoms. The number of sulfone groups is 1. The van der Waals surface area contributed by atoms with E-state index in [-0.39, 0.29) is 21.5 Å². The van der Waals surface area contributed by atoms with Crippen LogP contribution in [0.1, 0.15) is 5.56 Å². The number of hydrogen-bond acceptors (Lipinski definition) is 4. The topological polar surface area (TPSA) is 63.6 Å². The second-order valence-electron chi connectivity index (χ2n) is 4.53. The summed E-state index contributed by atoms with van der Waals surface area (Å²) >= 11 is 2.95. The summed E-state index contributed by atoms with van der Waals surface area (Å²) in [5, 5.41) is 9.31. The Morgan fingerprint density at radius 3 is 2.21 bits per heavy atom. The molecule has 10 heteroatoms. The molecule has 0 saturated carbocycles. The fourth-order valence-corrected chi connectivity index (χ4v) is 3.53. The molecule has 0 aliphatic carbocycles. The maximum absolute atomic E-state index is 13.2. The minimum atomic E-state index is -4.94. The van der Waals surface area contributed by atoms with Crippen molar-refractivity contribution in [1.29, 1.82) is 0 Å². The van der Waals surface area contributed by atoms with Crippen LogP contribution in [0.25, 0.3) is 0 Å². The Hall–Kier alpha value is -1.65. The van der Waals surface area contributed by atoms with E-state index in [4.69, 9.17) is 4.74 Å². The van der Waals surface area contributed by atoms with Crippen molar-refractivity contribution in [2.24, 2.45) is 0 Å². The van der Waals surface area contributed by atoms with E-state index in [0.29, 0.717) is 6.07 Å². The van der Waals surface area contributed by atoms with Crippen LogP contribution in [-0.4, -0.2) is 19.3 Å². The molecule has 0 aliphatic heterocycles. The zero-order chi connectivity index (χ0) is 18.1. The Morgan fingerprint density at radius 2 is 1.71 bits per heavy atom. The van der Waals surface area contributed by atoms with Gasteiger partial charge in [-0.1, -0.05) is 0 Å². The molecule has 4 nitrogen and oxygen atoms in total. The van der Waals surface area contributed by atoms with Gasteiger partial charge in [-0.2, -0.15) is 8.78 Å². The first-order chi connectivity index (χ1) is 11.2. The summed E-state index contributed by atoms with van der Waals surface area (Å²) in [6.45, 7) is -0.878. The number of halogens is 5. The molecule has 130 valence electrons. The number of rotatable bonds is 5. The third-order valence-corrected chi connectivity index (χ3v) is 5.26. The fourth-order valence-electron chi connectivity index (χ4n) is 1.89. The first kappa shape index (κ1) is 18.7. The molecule has 0 aromatic heterocycles. The minimum absolute atomic E-state index is 0.114. The van der Waals surface area contributed by atoms with Crippen LogP contribution in [0.4, 0.5) is 17.6 Å². The van der Waals surface area contributed by atoms with Gasteiger partial charge in [-0.15, -0.1) is 0 Å². The first-order valence-corrected chi connectivity index (χ1v) is 8.59. The zero-order valence-corrected chi connectivity index (χ0v) is 14.0. The molecule has 0 radical (unpaired) electrons. The van der Waals surface area contributed by atoms with Crippen LogP contribution >= 0.6 is 15.9 Å². The van der Waals surface area contributed by atoms with Crippen LogP contribution in [0.2, 0.25) is 0 Å². The molecule has 2 aromatic rings. The van der Waals surface area contributed by atoms with Crippen LogP contribution in [0, 0.1) is 11.6 Å². The van der Waals surface area contributed by atoms with Gasteiger partial charge >= 0.3 is 5.76 Å². The maximum Gasteiger partial charge on any atom is 0.341 e. The second-order valence-corrected chi connectivity index (χ2v) is 7.20. The van der Waals surface area contributed by atoms with Gasteiger partial charge in [0.1, 0.15) is 23.1 Å². The van der Waals surface area contributed by atoms with Crippen molar-refractivity contribution < 1.29 is 35.8 Å². The van der Waals surface area contributed by atoms with Crippen molar-refractivity contribution >= 4 is 25.8 Å². The molecule has 2 rings (SSSR count). The summed E-state index contributed by atoms with van der Waals surface area (Å²) in [5.41, 5.74) is -0.357. The summed E-state index contributed by atoms with van der Waals surface area (Å²) in [5.74, 6) is -5.82. The van der Waals surface area contributed by atoms with E-state index < -0.39 is 38.7 Å². The highest BCUT2D eigenvalue weighted by Gasteiger charge is 2.30. The van der Waals surface area contributed by atoms with Crippen molar-refractivity contribution in [2.45, 2.75) is 17.3 Å². The lowest BCUT2D eigenvalue weighted by atomic mass is 10.2. The minimum Gasteiger partial charge on any atom is -0.456 e. The lowest BCUT2D eigenvalue weighted by Gasteiger charge is -2.14. The van der Waals surface area contributed by atoms with Crippen molar-refractivity contribution in [3.63, 3.8) is 0 Å². The summed E-state index contributed by atoms with van der Waals surface area (Å²) in [6, 6.07) is 4.22. The number of aliphatic hydroxyl groups excluding tert-OH is 1. The predicted octanol–water partition coefficient (Wildman–Crippen LogP) is 4.01. The van der Waals surface area contributed by atoms with Gasteiger partial charge < -0.3 is 9.84 Å². The highest BCUT2D eigenvalue weighted by atomic mass is 79.9. The standard InChI is InChI=1S/C14H9BrF4O4S/c15-13-10(6-20)12(24(21,22)14(18)19)2-1-11(13)23-9-4-7(16)3-8(17)5-9/h1-5,14,20H,6H2. The van der Waals surface area contributed by atoms with Gasteiger partial charge in [-0.3, -0.25) is 0 Å². The zero-order valence-electron chi connectivity index (χ0n) is 11.6. The van der Waals surface area contributed by atoms with Crippen LogP contribution in [0.3, 0.4) is 0 Å². The van der Waals surface area contributed by atoms with E-state index >= 15 is 0 Å². The van der Waals surface area contributed by atoms with E-state index in [1.165, 1.54) is 0 Å². The van der Waals surface area contributed by atoms with Crippen molar-refractivity contribution in [3.05, 3.63) is 52.0 Å². The molecule has 0 bridgehead atoms. The fraction of sp³-hybridized carbons (Fsp3) is 0.143. The Labute approximate surface area is 142 Å². The average Bonchev–Trinajstić information content (AvgIpc) is 2.47. The monoisotopic (exact) mass is 428 g/mol. The van der Waals surface area contributed by atoms with Gasteiger partial charge in [-0.25, -0.2) is 17.2 Å². The molecule has 2 aromatic carbocycles. The summed E-state index contributed by atoms with van der Waals surface area (Å²) < 4.78 is 80.0. The highest BCUT2D eigenvalue weighted by Crippen LogP contribution is 2.37. The second kappa shape index (κ2) is 7.08. The van der Waals surface area contributed by atoms with Crippen molar-refractivity contribution in [1.82, 2.24) is 0 Å². The molecule has 1 N–H and O–H groups in total. The quantitative estimate of drug-likeness (QED) is 0.730. The lowest BCUT2D eigenvalue weighted by Crippen LogP contribution is -2.14. The Balaban J connectivity index is 2.51. The van der Waals surface area contributed by atoms with Gasteiger partial charge in [-0.05, 0) is 28.1 Å². The number of benzene rings is 2. The number of alkyl halides is 2. The third-order valence-electron chi connectivity index (χ3n) is 2.93. The Bertz CT molecular complexity index is 851. The largest absolute Gasteiger partial charge is 0.456 e. The maximum atomic E-state index is 13.2. The number of ether oxygens (including phenoxy) is 1. The molecule has 0 amide bonds. The van der Waals surface area contributed by atoms with Gasteiger partial charge in [0.25, 0.3) is 0 Å². The molecule has 0 spiro atoms. The van der Waals surface area contributed by atoms with E-state index in [1.807, 2.05) is 0 Å². The van der Waals surface area contributed by atoms with Crippen molar-refractivity contribution in [2.75, 3.05) is 0 Å². The third kappa shape index (κ3) is 3.70. The number of hydrogen-bond donors (Lipinski definition) is 1. The summed E-state index contributed by atoms with van der Waals surface area (Å²) in [7, 11) is -4.94. The van der Waals surface area contributed by atoms with E-state index in [2.05, 4.69) is 15.9 Å². The van der Waals surface area contributed by atoms with Gasteiger partial charge in [0.2, 0.25) is 9.84 Å². The molecule has 0 atom stereocenters. The van der Waals surface area contributed by atoms with Crippen LogP contribution in [0.5, 0.6) is 11.5 Å². The Kier molecular flexibility index (Phi) is 5.51. The molecule has 0 saturated heterocycles. The normalized spacial score (nSPS) is 11.8. The number of aliphatic hydroxyl groups is 1. The van der Waals surface area contributed by atoms with Crippen LogP contribution < -0.4 is 4.74 Å². The molecule has 0 unspecified atom stereocenters. The molecular weight excluding hydrogens is 420 g/mol. The molecular formula is C14H9BrF4O4S. The van der Waals surface area contributed by atoms with Gasteiger partial charge in [0, 0.05) is 23.8 Å². The van der Waals surface area contributed by atoms with Gasteiger partial charge in [0.15, 0.2) is 0 Å².